The fourth-order valence-corrected chi connectivity index (χ4v) is 3.25. The van der Waals surface area contributed by atoms with E-state index < -0.39 is 5.97 Å². The first-order valence-electron chi connectivity index (χ1n) is 10.00. The van der Waals surface area contributed by atoms with E-state index in [0.717, 1.165) is 28.5 Å². The molecule has 6 heteroatoms. The van der Waals surface area contributed by atoms with Crippen molar-refractivity contribution in [2.24, 2.45) is 0 Å². The van der Waals surface area contributed by atoms with Gasteiger partial charge in [0, 0.05) is 35.2 Å². The third kappa shape index (κ3) is 4.82. The fourth-order valence-electron chi connectivity index (χ4n) is 3.25. The van der Waals surface area contributed by atoms with Crippen LogP contribution in [0.1, 0.15) is 63.5 Å². The van der Waals surface area contributed by atoms with E-state index in [1.807, 2.05) is 52.8 Å². The Kier molecular flexibility index (Phi) is 7.64. The molecule has 0 aliphatic heterocycles. The number of allylic oxidation sites excluding steroid dienone is 6. The van der Waals surface area contributed by atoms with E-state index in [9.17, 15) is 9.59 Å². The molecule has 0 aliphatic rings. The number of rotatable bonds is 7. The Morgan fingerprint density at radius 2 is 1.87 bits per heavy atom. The van der Waals surface area contributed by atoms with Gasteiger partial charge in [-0.1, -0.05) is 25.5 Å². The number of nitrogens with two attached hydrogens (primary N) is 1. The maximum atomic E-state index is 12.5. The van der Waals surface area contributed by atoms with Crippen LogP contribution in [0.3, 0.4) is 0 Å². The van der Waals surface area contributed by atoms with Crippen molar-refractivity contribution in [3.63, 3.8) is 0 Å². The standard InChI is InChI=1S/C24H29N3O3/c1-7-14(4)18(21(28)9-3)10-15(5)17(8-2)19-11-16-13-26-22(25)12-20(16)27-23(19)24(29)30-6/h8,10-13H,7,9H2,1-6H3,(H2,25,26)/b15-10-,17-8+,18-14-. The molecule has 0 aliphatic carbocycles. The van der Waals surface area contributed by atoms with Crippen LogP contribution in [0.4, 0.5) is 5.82 Å². The smallest absolute Gasteiger partial charge is 0.357 e. The lowest BCUT2D eigenvalue weighted by Gasteiger charge is -2.15. The van der Waals surface area contributed by atoms with Crippen LogP contribution in [0.5, 0.6) is 0 Å². The van der Waals surface area contributed by atoms with Crippen molar-refractivity contribution >= 4 is 34.0 Å². The molecule has 0 saturated heterocycles. The van der Waals surface area contributed by atoms with Crippen LogP contribution in [-0.4, -0.2) is 28.8 Å². The minimum atomic E-state index is -0.542. The molecule has 6 nitrogen and oxygen atoms in total. The summed E-state index contributed by atoms with van der Waals surface area (Å²) in [5.41, 5.74) is 10.5. The SMILES string of the molecule is C\C=C(/C(C)=C\C(C(=O)CC)=C(/C)CC)c1cc2cnc(N)cc2nc1C(=O)OC. The zero-order valence-corrected chi connectivity index (χ0v) is 18.5. The molecule has 2 heterocycles. The van der Waals surface area contributed by atoms with E-state index >= 15 is 0 Å². The topological polar surface area (TPSA) is 95.2 Å². The normalized spacial score (nSPS) is 13.3. The molecular formula is C24H29N3O3. The lowest BCUT2D eigenvalue weighted by atomic mass is 9.92. The maximum absolute atomic E-state index is 12.5. The number of ketones is 1. The first-order chi connectivity index (χ1) is 14.3. The summed E-state index contributed by atoms with van der Waals surface area (Å²) in [5.74, 6) is -0.128. The summed E-state index contributed by atoms with van der Waals surface area (Å²) in [7, 11) is 1.32. The van der Waals surface area contributed by atoms with Crippen LogP contribution < -0.4 is 5.73 Å². The Balaban J connectivity index is 2.74. The van der Waals surface area contributed by atoms with Gasteiger partial charge in [-0.15, -0.1) is 0 Å². The van der Waals surface area contributed by atoms with Gasteiger partial charge in [0.1, 0.15) is 5.82 Å². The summed E-state index contributed by atoms with van der Waals surface area (Å²) in [6.07, 6.45) is 6.64. The lowest BCUT2D eigenvalue weighted by molar-refractivity contribution is -0.115. The van der Waals surface area contributed by atoms with Gasteiger partial charge in [-0.05, 0) is 50.5 Å². The van der Waals surface area contributed by atoms with Crippen LogP contribution in [0.2, 0.25) is 0 Å². The van der Waals surface area contributed by atoms with Crippen LogP contribution in [0, 0.1) is 0 Å². The molecule has 2 aromatic rings. The molecule has 2 N–H and O–H groups in total. The van der Waals surface area contributed by atoms with Gasteiger partial charge >= 0.3 is 5.97 Å². The molecule has 0 amide bonds. The fraction of sp³-hybridized carbons (Fsp3) is 0.333. The molecule has 0 aromatic carbocycles. The third-order valence-electron chi connectivity index (χ3n) is 5.08. The van der Waals surface area contributed by atoms with E-state index in [0.29, 0.717) is 28.9 Å². The van der Waals surface area contributed by atoms with Crippen LogP contribution >= 0.6 is 0 Å². The van der Waals surface area contributed by atoms with Gasteiger partial charge in [0.25, 0.3) is 0 Å². The zero-order chi connectivity index (χ0) is 22.4. The van der Waals surface area contributed by atoms with Gasteiger partial charge in [0.05, 0.1) is 12.6 Å². The second-order valence-corrected chi connectivity index (χ2v) is 7.03. The Morgan fingerprint density at radius 3 is 2.43 bits per heavy atom. The first kappa shape index (κ1) is 23.0. The Labute approximate surface area is 177 Å². The number of esters is 1. The first-order valence-corrected chi connectivity index (χ1v) is 10.00. The van der Waals surface area contributed by atoms with E-state index in [2.05, 4.69) is 9.97 Å². The molecule has 0 radical (unpaired) electrons. The Bertz CT molecular complexity index is 1080. The highest BCUT2D eigenvalue weighted by Gasteiger charge is 2.20. The van der Waals surface area contributed by atoms with Crippen molar-refractivity contribution in [3.05, 3.63) is 58.5 Å². The molecule has 0 fully saturated rings. The highest BCUT2D eigenvalue weighted by Crippen LogP contribution is 2.30. The zero-order valence-electron chi connectivity index (χ0n) is 18.5. The number of aromatic nitrogens is 2. The van der Waals surface area contributed by atoms with Gasteiger partial charge in [0.15, 0.2) is 11.5 Å². The predicted molar refractivity (Wildman–Crippen MR) is 121 cm³/mol. The minimum absolute atomic E-state index is 0.0913. The van der Waals surface area contributed by atoms with Gasteiger partial charge in [0.2, 0.25) is 0 Å². The molecular weight excluding hydrogens is 378 g/mol. The third-order valence-corrected chi connectivity index (χ3v) is 5.08. The Morgan fingerprint density at radius 1 is 1.17 bits per heavy atom. The van der Waals surface area contributed by atoms with Crippen molar-refractivity contribution in [3.8, 4) is 0 Å². The quantitative estimate of drug-likeness (QED) is 0.392. The predicted octanol–water partition coefficient (Wildman–Crippen LogP) is 5.05. The van der Waals surface area contributed by atoms with E-state index in [4.69, 9.17) is 10.5 Å². The number of methoxy groups -OCH3 is 1. The van der Waals surface area contributed by atoms with Crippen LogP contribution in [0.15, 0.2) is 47.2 Å². The molecule has 2 aromatic heterocycles. The minimum Gasteiger partial charge on any atom is -0.464 e. The summed E-state index contributed by atoms with van der Waals surface area (Å²) in [5, 5.41) is 0.754. The number of hydrogen-bond donors (Lipinski definition) is 1. The number of hydrogen-bond acceptors (Lipinski definition) is 6. The largest absolute Gasteiger partial charge is 0.464 e. The molecule has 2 rings (SSSR count). The lowest BCUT2D eigenvalue weighted by Crippen LogP contribution is -2.10. The number of anilines is 1. The van der Waals surface area contributed by atoms with Crippen molar-refractivity contribution in [2.75, 3.05) is 12.8 Å². The average Bonchev–Trinajstić information content (AvgIpc) is 2.75. The van der Waals surface area contributed by atoms with Gasteiger partial charge in [-0.25, -0.2) is 14.8 Å². The van der Waals surface area contributed by atoms with Crippen molar-refractivity contribution in [2.45, 2.75) is 47.5 Å². The molecule has 0 atom stereocenters. The number of carbonyl (C=O) groups is 2. The van der Waals surface area contributed by atoms with Crippen LogP contribution in [0.25, 0.3) is 16.5 Å². The second-order valence-electron chi connectivity index (χ2n) is 7.03. The summed E-state index contributed by atoms with van der Waals surface area (Å²) in [6.45, 7) is 9.66. The Hall–Kier alpha value is -3.28. The van der Waals surface area contributed by atoms with Crippen molar-refractivity contribution in [1.29, 1.82) is 0 Å². The highest BCUT2D eigenvalue weighted by molar-refractivity contribution is 6.02. The number of fused-ring (bicyclic) bond motifs is 1. The monoisotopic (exact) mass is 407 g/mol. The number of pyridine rings is 2. The summed E-state index contributed by atoms with van der Waals surface area (Å²) < 4.78 is 4.96. The molecule has 0 bridgehead atoms. The molecule has 158 valence electrons. The molecule has 0 unspecified atom stereocenters. The van der Waals surface area contributed by atoms with Gasteiger partial charge < -0.3 is 10.5 Å². The summed E-state index contributed by atoms with van der Waals surface area (Å²) in [4.78, 5) is 33.6. The van der Waals surface area contributed by atoms with E-state index in [1.165, 1.54) is 7.11 Å². The average molecular weight is 408 g/mol. The number of carbonyl (C=O) groups excluding carboxylic acids is 2. The number of ether oxygens (including phenoxy) is 1. The summed E-state index contributed by atoms with van der Waals surface area (Å²) in [6, 6.07) is 3.47. The number of nitrogens with zero attached hydrogens (tertiary/aromatic N) is 2. The van der Waals surface area contributed by atoms with E-state index in [1.54, 1.807) is 12.3 Å². The second kappa shape index (κ2) is 9.96. The molecule has 0 spiro atoms. The van der Waals surface area contributed by atoms with Crippen LogP contribution in [-0.2, 0) is 9.53 Å². The van der Waals surface area contributed by atoms with E-state index in [-0.39, 0.29) is 11.5 Å². The highest BCUT2D eigenvalue weighted by atomic mass is 16.5. The van der Waals surface area contributed by atoms with Crippen molar-refractivity contribution in [1.82, 2.24) is 9.97 Å². The molecule has 0 saturated carbocycles. The number of Topliss-reactive ketones (excluding diaryl/α,β-unsaturated/α-hetero) is 1. The van der Waals surface area contributed by atoms with Gasteiger partial charge in [-0.2, -0.15) is 0 Å². The maximum Gasteiger partial charge on any atom is 0.357 e. The van der Waals surface area contributed by atoms with Crippen molar-refractivity contribution < 1.29 is 14.3 Å². The number of nitrogen functional groups attached to an aromatic ring is 1. The molecule has 30 heavy (non-hydrogen) atoms. The summed E-state index contributed by atoms with van der Waals surface area (Å²) >= 11 is 0. The van der Waals surface area contributed by atoms with Gasteiger partial charge in [-0.3, -0.25) is 4.79 Å².